The van der Waals surface area contributed by atoms with Crippen LogP contribution < -0.4 is 9.47 Å². The van der Waals surface area contributed by atoms with Crippen LogP contribution in [0.25, 0.3) is 0 Å². The molecule has 4 nitrogen and oxygen atoms in total. The van der Waals surface area contributed by atoms with Crippen molar-refractivity contribution in [1.29, 1.82) is 0 Å². The summed E-state index contributed by atoms with van der Waals surface area (Å²) in [4.78, 5) is 25.1. The lowest BCUT2D eigenvalue weighted by Crippen LogP contribution is -2.18. The van der Waals surface area contributed by atoms with Crippen LogP contribution >= 0.6 is 0 Å². The Morgan fingerprint density at radius 2 is 1.09 bits per heavy atom. The van der Waals surface area contributed by atoms with E-state index in [0.717, 1.165) is 44.1 Å². The summed E-state index contributed by atoms with van der Waals surface area (Å²) in [5, 5.41) is 0. The first-order chi connectivity index (χ1) is 16.3. The van der Waals surface area contributed by atoms with Crippen molar-refractivity contribution in [3.63, 3.8) is 0 Å². The predicted octanol–water partition coefficient (Wildman–Crippen LogP) is 9.08. The van der Waals surface area contributed by atoms with E-state index in [-0.39, 0.29) is 17.4 Å². The second-order valence-corrected chi connectivity index (χ2v) is 10.6. The second kappa shape index (κ2) is 17.6. The number of carbonyl (C=O) groups is 2. The first kappa shape index (κ1) is 30.2. The maximum atomic E-state index is 12.6. The van der Waals surface area contributed by atoms with Crippen LogP contribution in [-0.2, 0) is 15.0 Å². The molecule has 0 heterocycles. The average Bonchev–Trinajstić information content (AvgIpc) is 2.78. The van der Waals surface area contributed by atoms with Gasteiger partial charge in [0, 0.05) is 18.4 Å². The highest BCUT2D eigenvalue weighted by atomic mass is 16.6. The molecule has 1 rings (SSSR count). The molecule has 1 aromatic rings. The van der Waals surface area contributed by atoms with Gasteiger partial charge in [-0.25, -0.2) is 0 Å². The number of rotatable bonds is 18. The van der Waals surface area contributed by atoms with Crippen LogP contribution in [0.15, 0.2) is 18.2 Å². The summed E-state index contributed by atoms with van der Waals surface area (Å²) in [5.74, 6) is 0.239. The monoisotopic (exact) mass is 474 g/mol. The number of hydrogen-bond donors (Lipinski definition) is 0. The highest BCUT2D eigenvalue weighted by molar-refractivity contribution is 5.77. The highest BCUT2D eigenvalue weighted by Gasteiger charge is 2.25. The van der Waals surface area contributed by atoms with E-state index in [0.29, 0.717) is 24.3 Å². The normalized spacial score (nSPS) is 11.4. The molecule has 0 saturated heterocycles. The lowest BCUT2D eigenvalue weighted by Gasteiger charge is -2.23. The summed E-state index contributed by atoms with van der Waals surface area (Å²) in [6.45, 7) is 10.6. The first-order valence-corrected chi connectivity index (χ1v) is 13.8. The van der Waals surface area contributed by atoms with Crippen LogP contribution in [0.1, 0.15) is 143 Å². The minimum absolute atomic E-state index is 0.240. The maximum Gasteiger partial charge on any atom is 0.311 e. The van der Waals surface area contributed by atoms with Gasteiger partial charge in [0.25, 0.3) is 0 Å². The van der Waals surface area contributed by atoms with Gasteiger partial charge in [0.15, 0.2) is 11.5 Å². The van der Waals surface area contributed by atoms with Crippen LogP contribution in [0.4, 0.5) is 0 Å². The van der Waals surface area contributed by atoms with E-state index in [1.54, 1.807) is 6.07 Å². The Labute approximate surface area is 209 Å². The zero-order valence-corrected chi connectivity index (χ0v) is 22.7. The SMILES string of the molecule is CCCCCCCCCC(=O)Oc1cccc(C(C)(C)C)c1OC(=O)CCCCCCCCC. The van der Waals surface area contributed by atoms with E-state index >= 15 is 0 Å². The number of carbonyl (C=O) groups excluding carboxylic acids is 2. The molecule has 0 unspecified atom stereocenters. The molecule has 0 aromatic heterocycles. The average molecular weight is 475 g/mol. The molecule has 0 aliphatic heterocycles. The van der Waals surface area contributed by atoms with Crippen molar-refractivity contribution >= 4 is 11.9 Å². The lowest BCUT2D eigenvalue weighted by atomic mass is 9.86. The van der Waals surface area contributed by atoms with E-state index in [1.165, 1.54) is 51.4 Å². The van der Waals surface area contributed by atoms with Gasteiger partial charge in [0.05, 0.1) is 0 Å². The Morgan fingerprint density at radius 3 is 1.56 bits per heavy atom. The van der Waals surface area contributed by atoms with Gasteiger partial charge in [0.1, 0.15) is 0 Å². The Kier molecular flexibility index (Phi) is 15.6. The number of hydrogen-bond acceptors (Lipinski definition) is 4. The number of benzene rings is 1. The zero-order chi connectivity index (χ0) is 25.2. The molecule has 0 atom stereocenters. The topological polar surface area (TPSA) is 52.6 Å². The molecule has 34 heavy (non-hydrogen) atoms. The molecular formula is C30H50O4. The zero-order valence-electron chi connectivity index (χ0n) is 22.7. The van der Waals surface area contributed by atoms with E-state index in [1.807, 2.05) is 12.1 Å². The van der Waals surface area contributed by atoms with Crippen molar-refractivity contribution in [2.24, 2.45) is 0 Å². The van der Waals surface area contributed by atoms with Gasteiger partial charge in [0.2, 0.25) is 0 Å². The van der Waals surface area contributed by atoms with Crippen molar-refractivity contribution in [2.75, 3.05) is 0 Å². The minimum Gasteiger partial charge on any atom is -0.423 e. The second-order valence-electron chi connectivity index (χ2n) is 10.6. The summed E-state index contributed by atoms with van der Waals surface area (Å²) in [5.41, 5.74) is 0.636. The smallest absolute Gasteiger partial charge is 0.311 e. The lowest BCUT2D eigenvalue weighted by molar-refractivity contribution is -0.137. The Hall–Kier alpha value is -1.84. The number of esters is 2. The summed E-state index contributed by atoms with van der Waals surface area (Å²) < 4.78 is 11.5. The molecule has 0 bridgehead atoms. The molecule has 194 valence electrons. The largest absolute Gasteiger partial charge is 0.423 e. The van der Waals surface area contributed by atoms with Crippen molar-refractivity contribution in [1.82, 2.24) is 0 Å². The van der Waals surface area contributed by atoms with Gasteiger partial charge >= 0.3 is 11.9 Å². The Bertz CT molecular complexity index is 702. The summed E-state index contributed by atoms with van der Waals surface area (Å²) in [6.07, 6.45) is 16.9. The first-order valence-electron chi connectivity index (χ1n) is 13.8. The van der Waals surface area contributed by atoms with E-state index in [2.05, 4.69) is 34.6 Å². The summed E-state index contributed by atoms with van der Waals surface area (Å²) in [7, 11) is 0. The minimum atomic E-state index is -0.260. The molecule has 0 saturated carbocycles. The molecular weight excluding hydrogens is 424 g/mol. The van der Waals surface area contributed by atoms with Gasteiger partial charge in [-0.2, -0.15) is 0 Å². The third-order valence-corrected chi connectivity index (χ3v) is 6.20. The fourth-order valence-electron chi connectivity index (χ4n) is 4.08. The van der Waals surface area contributed by atoms with Crippen LogP contribution in [0, 0.1) is 0 Å². The Morgan fingerprint density at radius 1 is 0.647 bits per heavy atom. The number of ether oxygens (including phenoxy) is 2. The number of unbranched alkanes of at least 4 members (excludes halogenated alkanes) is 12. The molecule has 1 aromatic carbocycles. The van der Waals surface area contributed by atoms with Gasteiger partial charge in [-0.1, -0.05) is 124 Å². The Balaban J connectivity index is 2.63. The quantitative estimate of drug-likeness (QED) is 0.121. The summed E-state index contributed by atoms with van der Waals surface area (Å²) in [6, 6.07) is 5.54. The third kappa shape index (κ3) is 13.2. The van der Waals surface area contributed by atoms with Crippen LogP contribution in [0.2, 0.25) is 0 Å². The van der Waals surface area contributed by atoms with E-state index < -0.39 is 0 Å². The van der Waals surface area contributed by atoms with E-state index in [4.69, 9.17) is 9.47 Å². The van der Waals surface area contributed by atoms with Gasteiger partial charge in [-0.15, -0.1) is 0 Å². The molecule has 0 aliphatic carbocycles. The van der Waals surface area contributed by atoms with Crippen molar-refractivity contribution < 1.29 is 19.1 Å². The molecule has 0 amide bonds. The predicted molar refractivity (Wildman–Crippen MR) is 142 cm³/mol. The van der Waals surface area contributed by atoms with E-state index in [9.17, 15) is 9.59 Å². The van der Waals surface area contributed by atoms with Crippen LogP contribution in [0.3, 0.4) is 0 Å². The van der Waals surface area contributed by atoms with Gasteiger partial charge in [-0.05, 0) is 24.3 Å². The van der Waals surface area contributed by atoms with Crippen molar-refractivity contribution in [3.05, 3.63) is 23.8 Å². The fraction of sp³-hybridized carbons (Fsp3) is 0.733. The summed E-state index contributed by atoms with van der Waals surface area (Å²) >= 11 is 0. The molecule has 4 heteroatoms. The van der Waals surface area contributed by atoms with Crippen molar-refractivity contribution in [3.8, 4) is 11.5 Å². The fourth-order valence-corrected chi connectivity index (χ4v) is 4.08. The molecule has 0 N–H and O–H groups in total. The van der Waals surface area contributed by atoms with Crippen LogP contribution in [-0.4, -0.2) is 11.9 Å². The molecule has 0 fully saturated rings. The number of para-hydroxylation sites is 1. The molecule has 0 spiro atoms. The standard InChI is InChI=1S/C30H50O4/c1-6-8-10-12-14-16-18-23-27(31)33-26-22-20-21-25(30(3,4)5)29(26)34-28(32)24-19-17-15-13-11-9-7-2/h20-22H,6-19,23-24H2,1-5H3. The van der Waals surface area contributed by atoms with Gasteiger partial charge < -0.3 is 9.47 Å². The molecule has 0 aliphatic rings. The van der Waals surface area contributed by atoms with Crippen molar-refractivity contribution in [2.45, 2.75) is 143 Å². The molecule has 0 radical (unpaired) electrons. The highest BCUT2D eigenvalue weighted by Crippen LogP contribution is 2.39. The van der Waals surface area contributed by atoms with Gasteiger partial charge in [-0.3, -0.25) is 9.59 Å². The van der Waals surface area contributed by atoms with Crippen LogP contribution in [0.5, 0.6) is 11.5 Å². The maximum absolute atomic E-state index is 12.6. The third-order valence-electron chi connectivity index (χ3n) is 6.20.